The van der Waals surface area contributed by atoms with Gasteiger partial charge in [0.1, 0.15) is 25.0 Å². The predicted molar refractivity (Wildman–Crippen MR) is 83.2 cm³/mol. The molecule has 20 heavy (non-hydrogen) atoms. The second-order valence-corrected chi connectivity index (χ2v) is 6.62. The van der Waals surface area contributed by atoms with Crippen molar-refractivity contribution in [2.45, 2.75) is 58.6 Å². The zero-order chi connectivity index (χ0) is 15.2. The molecule has 0 heterocycles. The Bertz CT molecular complexity index is 398. The highest BCUT2D eigenvalue weighted by molar-refractivity contribution is 5.35. The van der Waals surface area contributed by atoms with Crippen molar-refractivity contribution in [3.8, 4) is 5.75 Å². The number of hydrogen-bond donors (Lipinski definition) is 2. The Labute approximate surface area is 123 Å². The normalized spacial score (nSPS) is 14.9. The van der Waals surface area contributed by atoms with Crippen LogP contribution in [0, 0.1) is 0 Å². The van der Waals surface area contributed by atoms with Gasteiger partial charge in [-0.1, -0.05) is 32.0 Å². The zero-order valence-corrected chi connectivity index (χ0v) is 13.5. The van der Waals surface area contributed by atoms with Gasteiger partial charge in [-0.3, -0.25) is 0 Å². The van der Waals surface area contributed by atoms with Crippen LogP contribution in [0.1, 0.15) is 52.5 Å². The van der Waals surface area contributed by atoms with Crippen molar-refractivity contribution in [3.05, 3.63) is 29.8 Å². The summed E-state index contributed by atoms with van der Waals surface area (Å²) in [4.78, 5) is 0. The van der Waals surface area contributed by atoms with E-state index in [0.717, 1.165) is 12.2 Å². The summed E-state index contributed by atoms with van der Waals surface area (Å²) in [6.45, 7) is 11.8. The topological polar surface area (TPSA) is 46.1 Å². The molecule has 0 fully saturated rings. The van der Waals surface area contributed by atoms with Crippen LogP contribution in [0.5, 0.6) is 5.75 Å². The van der Waals surface area contributed by atoms with Gasteiger partial charge in [-0.05, 0) is 44.7 Å². The van der Waals surface area contributed by atoms with E-state index in [1.54, 1.807) is 0 Å². The molecule has 1 aromatic rings. The molecular weight excluding hydrogens is 250 g/mol. The van der Waals surface area contributed by atoms with Crippen molar-refractivity contribution >= 4 is 0 Å². The third kappa shape index (κ3) is 5.93. The van der Waals surface area contributed by atoms with Crippen LogP contribution in [0.4, 0.5) is 0 Å². The Balaban J connectivity index is 2.53. The van der Waals surface area contributed by atoms with E-state index in [1.807, 2.05) is 18.2 Å². The average molecular weight is 280 g/mol. The molecule has 0 aliphatic rings. The van der Waals surface area contributed by atoms with Crippen molar-refractivity contribution in [2.24, 2.45) is 0 Å². The Morgan fingerprint density at radius 3 is 2.50 bits per heavy atom. The maximum atomic E-state index is 10.0. The number of nitrogens with two attached hydrogens (primary N) is 1. The van der Waals surface area contributed by atoms with E-state index in [1.165, 1.54) is 5.56 Å². The molecule has 0 spiro atoms. The van der Waals surface area contributed by atoms with E-state index in [9.17, 15) is 5.11 Å². The van der Waals surface area contributed by atoms with Crippen molar-refractivity contribution in [2.75, 3.05) is 13.2 Å². The number of hydrogen-bond acceptors (Lipinski definition) is 2. The van der Waals surface area contributed by atoms with Crippen LogP contribution in [0.2, 0.25) is 0 Å². The third-order valence-corrected chi connectivity index (χ3v) is 3.50. The lowest BCUT2D eigenvalue weighted by molar-refractivity contribution is -0.722. The number of rotatable bonds is 7. The largest absolute Gasteiger partial charge is 0.490 e. The van der Waals surface area contributed by atoms with E-state index in [2.05, 4.69) is 46.0 Å². The van der Waals surface area contributed by atoms with E-state index in [-0.39, 0.29) is 5.54 Å². The summed E-state index contributed by atoms with van der Waals surface area (Å²) in [5, 5.41) is 12.1. The molecule has 0 saturated heterocycles. The van der Waals surface area contributed by atoms with Gasteiger partial charge >= 0.3 is 0 Å². The van der Waals surface area contributed by atoms with Gasteiger partial charge in [0, 0.05) is 0 Å². The molecule has 3 heteroatoms. The maximum absolute atomic E-state index is 10.0. The first kappa shape index (κ1) is 17.0. The molecule has 0 aliphatic heterocycles. The average Bonchev–Trinajstić information content (AvgIpc) is 2.41. The Morgan fingerprint density at radius 2 is 1.90 bits per heavy atom. The number of ether oxygens (including phenoxy) is 1. The zero-order valence-electron chi connectivity index (χ0n) is 13.5. The quantitative estimate of drug-likeness (QED) is 0.805. The lowest BCUT2D eigenvalue weighted by atomic mass is 9.98. The van der Waals surface area contributed by atoms with E-state index in [4.69, 9.17) is 4.74 Å². The molecular formula is C17H30NO2+. The van der Waals surface area contributed by atoms with Gasteiger partial charge in [0.05, 0.1) is 5.54 Å². The van der Waals surface area contributed by atoms with Gasteiger partial charge < -0.3 is 15.2 Å². The molecule has 2 atom stereocenters. The number of quaternary nitrogens is 1. The van der Waals surface area contributed by atoms with Crippen LogP contribution >= 0.6 is 0 Å². The Morgan fingerprint density at radius 1 is 1.25 bits per heavy atom. The fraction of sp³-hybridized carbons (Fsp3) is 0.647. The summed E-state index contributed by atoms with van der Waals surface area (Å²) in [6, 6.07) is 8.12. The lowest BCUT2D eigenvalue weighted by Crippen LogP contribution is -2.96. The van der Waals surface area contributed by atoms with Crippen LogP contribution in [0.15, 0.2) is 24.3 Å². The number of aliphatic hydroxyl groups is 1. The summed E-state index contributed by atoms with van der Waals surface area (Å²) in [6.07, 6.45) is 0.639. The minimum Gasteiger partial charge on any atom is -0.490 e. The highest BCUT2D eigenvalue weighted by atomic mass is 16.5. The van der Waals surface area contributed by atoms with Crippen LogP contribution in [0.25, 0.3) is 0 Å². The first-order chi connectivity index (χ1) is 9.33. The molecule has 0 saturated carbocycles. The predicted octanol–water partition coefficient (Wildman–Crippen LogP) is 2.30. The molecule has 0 amide bonds. The van der Waals surface area contributed by atoms with Gasteiger partial charge in [-0.25, -0.2) is 0 Å². The first-order valence-corrected chi connectivity index (χ1v) is 7.57. The minimum absolute atomic E-state index is 0.135. The molecule has 1 aromatic carbocycles. The Hall–Kier alpha value is -1.06. The number of aliphatic hydroxyl groups excluding tert-OH is 1. The summed E-state index contributed by atoms with van der Waals surface area (Å²) in [7, 11) is 0. The highest BCUT2D eigenvalue weighted by Crippen LogP contribution is 2.28. The van der Waals surface area contributed by atoms with Gasteiger partial charge in [0.25, 0.3) is 0 Å². The summed E-state index contributed by atoms with van der Waals surface area (Å²) < 4.78 is 5.82. The maximum Gasteiger partial charge on any atom is 0.137 e. The van der Waals surface area contributed by atoms with E-state index < -0.39 is 6.10 Å². The standard InChI is InChI=1S/C17H29NO2/c1-6-13(2)15-9-7-8-10-16(15)20-12-14(19)11-18-17(3,4)5/h7-10,13-14,18-19H,6,11-12H2,1-5H3/p+1/t13-,14-/m1/s1. The molecule has 0 aliphatic carbocycles. The monoisotopic (exact) mass is 280 g/mol. The van der Waals surface area contributed by atoms with Crippen LogP contribution < -0.4 is 10.1 Å². The Kier molecular flexibility index (Phi) is 6.50. The molecule has 114 valence electrons. The van der Waals surface area contributed by atoms with Crippen molar-refractivity contribution < 1.29 is 15.2 Å². The number of benzene rings is 1. The first-order valence-electron chi connectivity index (χ1n) is 7.57. The van der Waals surface area contributed by atoms with Crippen LogP contribution in [0.3, 0.4) is 0 Å². The fourth-order valence-electron chi connectivity index (χ4n) is 1.98. The van der Waals surface area contributed by atoms with E-state index in [0.29, 0.717) is 19.1 Å². The van der Waals surface area contributed by atoms with E-state index >= 15 is 0 Å². The second-order valence-electron chi connectivity index (χ2n) is 6.62. The summed E-state index contributed by atoms with van der Waals surface area (Å²) in [5.74, 6) is 1.38. The molecule has 0 aromatic heterocycles. The smallest absolute Gasteiger partial charge is 0.137 e. The van der Waals surface area contributed by atoms with Crippen molar-refractivity contribution in [1.29, 1.82) is 0 Å². The van der Waals surface area contributed by atoms with Gasteiger partial charge in [0.15, 0.2) is 0 Å². The second kappa shape index (κ2) is 7.65. The van der Waals surface area contributed by atoms with Gasteiger partial charge in [-0.15, -0.1) is 0 Å². The van der Waals surface area contributed by atoms with Gasteiger partial charge in [-0.2, -0.15) is 0 Å². The summed E-state index contributed by atoms with van der Waals surface area (Å²) >= 11 is 0. The minimum atomic E-state index is -0.445. The highest BCUT2D eigenvalue weighted by Gasteiger charge is 2.17. The van der Waals surface area contributed by atoms with Gasteiger partial charge in [0.2, 0.25) is 0 Å². The molecule has 3 N–H and O–H groups in total. The SMILES string of the molecule is CC[C@@H](C)c1ccccc1OC[C@H](O)C[NH2+]C(C)(C)C. The number of para-hydroxylation sites is 1. The molecule has 3 nitrogen and oxygen atoms in total. The summed E-state index contributed by atoms with van der Waals surface area (Å²) in [5.41, 5.74) is 1.36. The van der Waals surface area contributed by atoms with Crippen molar-refractivity contribution in [3.63, 3.8) is 0 Å². The van der Waals surface area contributed by atoms with Crippen LogP contribution in [-0.2, 0) is 0 Å². The molecule has 1 rings (SSSR count). The molecule has 0 unspecified atom stereocenters. The fourth-order valence-corrected chi connectivity index (χ4v) is 1.98. The van der Waals surface area contributed by atoms with Crippen LogP contribution in [-0.4, -0.2) is 29.9 Å². The molecule has 0 bridgehead atoms. The lowest BCUT2D eigenvalue weighted by Gasteiger charge is -2.20. The molecule has 0 radical (unpaired) electrons. The third-order valence-electron chi connectivity index (χ3n) is 3.50. The van der Waals surface area contributed by atoms with Crippen molar-refractivity contribution in [1.82, 2.24) is 0 Å².